The van der Waals surface area contributed by atoms with Crippen molar-refractivity contribution in [3.8, 4) is 11.5 Å². The predicted octanol–water partition coefficient (Wildman–Crippen LogP) is 2.95. The maximum Gasteiger partial charge on any atom is 0.338 e. The van der Waals surface area contributed by atoms with Gasteiger partial charge in [0.05, 0.1) is 42.7 Å². The number of allylic oxidation sites excluding steroid dienone is 1. The molecule has 0 spiro atoms. The fraction of sp³-hybridized carbons (Fsp3) is 0.240. The molecular formula is C25H23FN2O5S. The molecule has 1 aliphatic rings. The standard InChI is InChI=1S/C25H23FN2O5S/c1-5-33-24(30)21-14(2)27-25-28(22(21)16-8-11-18(31-3)19(13-16)32-4)23(29)20(34-25)12-15-6-9-17(26)10-7-15/h6-13,22H,5H2,1-4H3/t22-/m1/s1. The van der Waals surface area contributed by atoms with Crippen LogP contribution in [0.25, 0.3) is 6.08 Å². The SMILES string of the molecule is CCOC(=O)C1=C(C)N=c2sc(=Cc3ccc(F)cc3)c(=O)n2[C@@H]1c1ccc(OC)c(OC)c1. The van der Waals surface area contributed by atoms with Crippen molar-refractivity contribution in [2.75, 3.05) is 20.8 Å². The van der Waals surface area contributed by atoms with Crippen LogP contribution >= 0.6 is 11.3 Å². The van der Waals surface area contributed by atoms with E-state index in [0.29, 0.717) is 37.7 Å². The number of thiazole rings is 1. The lowest BCUT2D eigenvalue weighted by Crippen LogP contribution is -2.39. The molecule has 0 bridgehead atoms. The van der Waals surface area contributed by atoms with Crippen LogP contribution in [0.4, 0.5) is 4.39 Å². The Morgan fingerprint density at radius 3 is 2.50 bits per heavy atom. The van der Waals surface area contributed by atoms with Crippen molar-refractivity contribution in [1.82, 2.24) is 4.57 Å². The molecule has 0 fully saturated rings. The molecule has 1 aliphatic heterocycles. The van der Waals surface area contributed by atoms with Crippen LogP contribution in [0.3, 0.4) is 0 Å². The molecule has 0 aliphatic carbocycles. The van der Waals surface area contributed by atoms with Gasteiger partial charge in [-0.3, -0.25) is 9.36 Å². The van der Waals surface area contributed by atoms with Crippen molar-refractivity contribution in [3.05, 3.63) is 90.4 Å². The number of esters is 1. The van der Waals surface area contributed by atoms with E-state index >= 15 is 0 Å². The molecule has 0 N–H and O–H groups in total. The average Bonchev–Trinajstić information content (AvgIpc) is 3.13. The van der Waals surface area contributed by atoms with E-state index in [1.165, 1.54) is 42.3 Å². The Morgan fingerprint density at radius 2 is 1.85 bits per heavy atom. The van der Waals surface area contributed by atoms with E-state index in [0.717, 1.165) is 0 Å². The van der Waals surface area contributed by atoms with Crippen LogP contribution < -0.4 is 24.4 Å². The summed E-state index contributed by atoms with van der Waals surface area (Å²) in [5, 5.41) is 0. The average molecular weight is 483 g/mol. The van der Waals surface area contributed by atoms with Crippen LogP contribution in [0.1, 0.15) is 31.0 Å². The molecule has 2 aromatic carbocycles. The van der Waals surface area contributed by atoms with Gasteiger partial charge in [0.2, 0.25) is 0 Å². The zero-order valence-corrected chi connectivity index (χ0v) is 19.9. The second kappa shape index (κ2) is 9.64. The number of methoxy groups -OCH3 is 2. The number of benzene rings is 2. The van der Waals surface area contributed by atoms with Gasteiger partial charge < -0.3 is 14.2 Å². The quantitative estimate of drug-likeness (QED) is 0.505. The summed E-state index contributed by atoms with van der Waals surface area (Å²) in [5.41, 5.74) is 1.74. The van der Waals surface area contributed by atoms with E-state index < -0.39 is 12.0 Å². The Balaban J connectivity index is 1.96. The molecule has 0 radical (unpaired) electrons. The predicted molar refractivity (Wildman–Crippen MR) is 126 cm³/mol. The van der Waals surface area contributed by atoms with Gasteiger partial charge in [-0.1, -0.05) is 29.5 Å². The fourth-order valence-electron chi connectivity index (χ4n) is 3.84. The van der Waals surface area contributed by atoms with Gasteiger partial charge >= 0.3 is 5.97 Å². The molecule has 0 unspecified atom stereocenters. The van der Waals surface area contributed by atoms with Crippen LogP contribution in [-0.2, 0) is 9.53 Å². The molecule has 2 heterocycles. The number of fused-ring (bicyclic) bond motifs is 1. The first-order valence-corrected chi connectivity index (χ1v) is 11.4. The van der Waals surface area contributed by atoms with Crippen LogP contribution in [-0.4, -0.2) is 31.4 Å². The van der Waals surface area contributed by atoms with Crippen LogP contribution in [0.15, 0.2) is 63.5 Å². The molecule has 7 nitrogen and oxygen atoms in total. The van der Waals surface area contributed by atoms with Crippen molar-refractivity contribution in [2.45, 2.75) is 19.9 Å². The number of halogens is 1. The normalized spacial score (nSPS) is 15.6. The summed E-state index contributed by atoms with van der Waals surface area (Å²) in [7, 11) is 3.05. The number of hydrogen-bond acceptors (Lipinski definition) is 7. The minimum atomic E-state index is -0.773. The molecule has 1 aromatic heterocycles. The first-order chi connectivity index (χ1) is 16.4. The first-order valence-electron chi connectivity index (χ1n) is 10.5. The van der Waals surface area contributed by atoms with Gasteiger partial charge in [0.15, 0.2) is 16.3 Å². The van der Waals surface area contributed by atoms with Gasteiger partial charge in [-0.15, -0.1) is 0 Å². The fourth-order valence-corrected chi connectivity index (χ4v) is 4.89. The third-order valence-corrected chi connectivity index (χ3v) is 6.39. The number of hydrogen-bond donors (Lipinski definition) is 0. The number of aromatic nitrogens is 1. The van der Waals surface area contributed by atoms with E-state index in [-0.39, 0.29) is 23.6 Å². The largest absolute Gasteiger partial charge is 0.493 e. The van der Waals surface area contributed by atoms with Gasteiger partial charge in [-0.05, 0) is 55.3 Å². The maximum atomic E-state index is 13.6. The van der Waals surface area contributed by atoms with E-state index in [4.69, 9.17) is 14.2 Å². The van der Waals surface area contributed by atoms with Crippen molar-refractivity contribution < 1.29 is 23.4 Å². The Hall–Kier alpha value is -3.72. The minimum absolute atomic E-state index is 0.184. The van der Waals surface area contributed by atoms with Crippen molar-refractivity contribution in [3.63, 3.8) is 0 Å². The van der Waals surface area contributed by atoms with E-state index in [2.05, 4.69) is 4.99 Å². The zero-order chi connectivity index (χ0) is 24.4. The summed E-state index contributed by atoms with van der Waals surface area (Å²) < 4.78 is 31.3. The molecular weight excluding hydrogens is 459 g/mol. The second-order valence-electron chi connectivity index (χ2n) is 7.47. The summed E-state index contributed by atoms with van der Waals surface area (Å²) in [6.45, 7) is 3.62. The number of carbonyl (C=O) groups is 1. The van der Waals surface area contributed by atoms with Crippen LogP contribution in [0.2, 0.25) is 0 Å². The van der Waals surface area contributed by atoms with Gasteiger partial charge in [0.25, 0.3) is 5.56 Å². The van der Waals surface area contributed by atoms with Gasteiger partial charge in [0.1, 0.15) is 5.82 Å². The Labute approximate surface area is 199 Å². The summed E-state index contributed by atoms with van der Waals surface area (Å²) in [4.78, 5) is 31.5. The highest BCUT2D eigenvalue weighted by Gasteiger charge is 2.33. The highest BCUT2D eigenvalue weighted by atomic mass is 32.1. The number of rotatable bonds is 6. The molecule has 3 aromatic rings. The molecule has 0 saturated heterocycles. The third-order valence-electron chi connectivity index (χ3n) is 5.41. The van der Waals surface area contributed by atoms with E-state index in [9.17, 15) is 14.0 Å². The molecule has 176 valence electrons. The van der Waals surface area contributed by atoms with Crippen LogP contribution in [0.5, 0.6) is 11.5 Å². The zero-order valence-electron chi connectivity index (χ0n) is 19.1. The van der Waals surface area contributed by atoms with Gasteiger partial charge in [0, 0.05) is 0 Å². The Bertz CT molecular complexity index is 1450. The van der Waals surface area contributed by atoms with Crippen molar-refractivity contribution in [2.24, 2.45) is 4.99 Å². The van der Waals surface area contributed by atoms with E-state index in [1.54, 1.807) is 50.3 Å². The highest BCUT2D eigenvalue weighted by molar-refractivity contribution is 7.07. The smallest absolute Gasteiger partial charge is 0.338 e. The lowest BCUT2D eigenvalue weighted by Gasteiger charge is -2.25. The van der Waals surface area contributed by atoms with Gasteiger partial charge in [-0.2, -0.15) is 0 Å². The van der Waals surface area contributed by atoms with E-state index in [1.807, 2.05) is 0 Å². The monoisotopic (exact) mass is 482 g/mol. The maximum absolute atomic E-state index is 13.6. The summed E-state index contributed by atoms with van der Waals surface area (Å²) in [5.74, 6) is 0.0813. The Morgan fingerprint density at radius 1 is 1.15 bits per heavy atom. The molecule has 0 amide bonds. The minimum Gasteiger partial charge on any atom is -0.493 e. The first kappa shape index (κ1) is 23.4. The highest BCUT2D eigenvalue weighted by Crippen LogP contribution is 2.36. The number of nitrogens with zero attached hydrogens (tertiary/aromatic N) is 2. The van der Waals surface area contributed by atoms with Crippen LogP contribution in [0, 0.1) is 5.82 Å². The van der Waals surface area contributed by atoms with Gasteiger partial charge in [-0.25, -0.2) is 14.2 Å². The topological polar surface area (TPSA) is 79.1 Å². The molecule has 4 rings (SSSR count). The molecule has 9 heteroatoms. The lowest BCUT2D eigenvalue weighted by atomic mass is 9.95. The summed E-state index contributed by atoms with van der Waals surface area (Å²) in [6.07, 6.45) is 1.68. The second-order valence-corrected chi connectivity index (χ2v) is 8.48. The number of ether oxygens (including phenoxy) is 3. The number of carbonyl (C=O) groups excluding carboxylic acids is 1. The summed E-state index contributed by atoms with van der Waals surface area (Å²) in [6, 6.07) is 10.3. The molecule has 1 atom stereocenters. The van der Waals surface area contributed by atoms with Crippen molar-refractivity contribution >= 4 is 23.4 Å². The Kier molecular flexibility index (Phi) is 6.65. The molecule has 34 heavy (non-hydrogen) atoms. The third kappa shape index (κ3) is 4.26. The lowest BCUT2D eigenvalue weighted by molar-refractivity contribution is -0.139. The van der Waals surface area contributed by atoms with Crippen molar-refractivity contribution in [1.29, 1.82) is 0 Å². The summed E-state index contributed by atoms with van der Waals surface area (Å²) >= 11 is 1.20. The molecule has 0 saturated carbocycles.